The normalized spacial score (nSPS) is 8.71. The fourth-order valence-corrected chi connectivity index (χ4v) is 0.221. The lowest BCUT2D eigenvalue weighted by Crippen LogP contribution is -1.88. The minimum Gasteiger partial charge on any atom is -0.350 e. The van der Waals surface area contributed by atoms with Crippen LogP contribution < -0.4 is 0 Å². The Kier molecular flexibility index (Phi) is 5.33. The highest BCUT2D eigenvalue weighted by molar-refractivity contribution is 4.64. The van der Waals surface area contributed by atoms with Gasteiger partial charge in [0.1, 0.15) is 0 Å². The zero-order valence-electron chi connectivity index (χ0n) is 4.19. The van der Waals surface area contributed by atoms with Crippen LogP contribution in [0.25, 0.3) is 0 Å². The van der Waals surface area contributed by atoms with Gasteiger partial charge in [0, 0.05) is 0 Å². The van der Waals surface area contributed by atoms with Gasteiger partial charge in [-0.25, -0.2) is 4.39 Å². The van der Waals surface area contributed by atoms with Crippen LogP contribution in [-0.2, 0) is 4.74 Å². The van der Waals surface area contributed by atoms with Gasteiger partial charge in [-0.2, -0.15) is 0 Å². The topological polar surface area (TPSA) is 9.23 Å². The number of rotatable bonds is 4. The van der Waals surface area contributed by atoms with E-state index in [2.05, 4.69) is 11.3 Å². The molecule has 0 N–H and O–H groups in total. The number of halogens is 1. The maximum Gasteiger partial charge on any atom is 0.188 e. The first kappa shape index (κ1) is 6.63. The molecule has 0 aromatic rings. The molecule has 0 radical (unpaired) electrons. The molecule has 0 spiro atoms. The quantitative estimate of drug-likeness (QED) is 0.388. The van der Waals surface area contributed by atoms with Gasteiger partial charge < -0.3 is 4.74 Å². The Hall–Kier alpha value is -0.370. The summed E-state index contributed by atoms with van der Waals surface area (Å²) < 4.78 is 15.4. The minimum absolute atomic E-state index is 0.444. The second-order valence-electron chi connectivity index (χ2n) is 1.09. The number of alkyl halides is 1. The molecule has 0 aromatic heterocycles. The summed E-state index contributed by atoms with van der Waals surface area (Å²) in [6.45, 7) is 3.19. The second kappa shape index (κ2) is 5.63. The van der Waals surface area contributed by atoms with E-state index in [-0.39, 0.29) is 0 Å². The van der Waals surface area contributed by atoms with Crippen molar-refractivity contribution < 1.29 is 9.13 Å². The zero-order valence-corrected chi connectivity index (χ0v) is 4.19. The van der Waals surface area contributed by atoms with E-state index >= 15 is 0 Å². The summed E-state index contributed by atoms with van der Waals surface area (Å²) in [5.74, 6) is 0. The van der Waals surface area contributed by atoms with Crippen molar-refractivity contribution in [1.82, 2.24) is 0 Å². The summed E-state index contributed by atoms with van der Waals surface area (Å²) in [4.78, 5) is 0. The van der Waals surface area contributed by atoms with Crippen molar-refractivity contribution >= 4 is 0 Å². The predicted octanol–water partition coefficient (Wildman–Crippen LogP) is 1.51. The van der Waals surface area contributed by atoms with Crippen LogP contribution >= 0.6 is 0 Å². The maximum absolute atomic E-state index is 11.1. The molecule has 0 fully saturated rings. The Bertz CT molecular complexity index is 45.3. The van der Waals surface area contributed by atoms with E-state index < -0.39 is 6.86 Å². The van der Waals surface area contributed by atoms with Crippen LogP contribution in [0.1, 0.15) is 6.42 Å². The minimum atomic E-state index is -0.687. The van der Waals surface area contributed by atoms with Crippen LogP contribution in [0.2, 0.25) is 0 Å². The third kappa shape index (κ3) is 5.63. The molecule has 0 aliphatic rings. The molecule has 7 heavy (non-hydrogen) atoms. The molecule has 0 amide bonds. The Morgan fingerprint density at radius 2 is 2.43 bits per heavy atom. The third-order valence-corrected chi connectivity index (χ3v) is 0.543. The summed E-state index contributed by atoms with van der Waals surface area (Å²) in [6, 6.07) is 0. The summed E-state index contributed by atoms with van der Waals surface area (Å²) in [6.07, 6.45) is 2.42. The highest BCUT2D eigenvalue weighted by Gasteiger charge is 1.77. The lowest BCUT2D eigenvalue weighted by molar-refractivity contribution is 0.0611. The molecule has 0 unspecified atom stereocenters. The maximum atomic E-state index is 11.1. The first-order chi connectivity index (χ1) is 3.41. The van der Waals surface area contributed by atoms with Crippen molar-refractivity contribution in [3.05, 3.63) is 12.7 Å². The fourth-order valence-electron chi connectivity index (χ4n) is 0.221. The summed E-state index contributed by atoms with van der Waals surface area (Å²) in [5, 5.41) is 0. The molecule has 0 saturated carbocycles. The van der Waals surface area contributed by atoms with Crippen molar-refractivity contribution in [3.8, 4) is 0 Å². The largest absolute Gasteiger partial charge is 0.350 e. The summed E-state index contributed by atoms with van der Waals surface area (Å²) in [5.41, 5.74) is 0. The van der Waals surface area contributed by atoms with E-state index in [1.807, 2.05) is 0 Å². The highest BCUT2D eigenvalue weighted by atomic mass is 19.1. The van der Waals surface area contributed by atoms with Gasteiger partial charge in [-0.15, -0.1) is 6.58 Å². The van der Waals surface area contributed by atoms with Gasteiger partial charge in [-0.3, -0.25) is 0 Å². The van der Waals surface area contributed by atoms with Crippen molar-refractivity contribution in [2.75, 3.05) is 13.5 Å². The van der Waals surface area contributed by atoms with E-state index in [0.29, 0.717) is 6.61 Å². The predicted molar refractivity (Wildman–Crippen MR) is 26.7 cm³/mol. The van der Waals surface area contributed by atoms with Crippen molar-refractivity contribution in [1.29, 1.82) is 0 Å². The highest BCUT2D eigenvalue weighted by Crippen LogP contribution is 1.81. The molecule has 2 heteroatoms. The Morgan fingerprint density at radius 3 is 2.86 bits per heavy atom. The molecule has 0 saturated heterocycles. The van der Waals surface area contributed by atoms with Crippen LogP contribution in [-0.4, -0.2) is 13.5 Å². The average molecular weight is 104 g/mol. The molecule has 0 aromatic carbocycles. The Balaban J connectivity index is 2.56. The Morgan fingerprint density at radius 1 is 1.71 bits per heavy atom. The molecular weight excluding hydrogens is 95.1 g/mol. The SMILES string of the molecule is C=CCCOCF. The molecule has 0 aliphatic carbocycles. The van der Waals surface area contributed by atoms with Crippen molar-refractivity contribution in [3.63, 3.8) is 0 Å². The lowest BCUT2D eigenvalue weighted by atomic mass is 10.5. The van der Waals surface area contributed by atoms with Gasteiger partial charge in [0.25, 0.3) is 0 Å². The van der Waals surface area contributed by atoms with E-state index in [1.54, 1.807) is 6.08 Å². The van der Waals surface area contributed by atoms with Crippen LogP contribution in [0.3, 0.4) is 0 Å². The summed E-state index contributed by atoms with van der Waals surface area (Å²) in [7, 11) is 0. The van der Waals surface area contributed by atoms with E-state index in [9.17, 15) is 4.39 Å². The number of hydrogen-bond donors (Lipinski definition) is 0. The third-order valence-electron chi connectivity index (χ3n) is 0.543. The number of ether oxygens (including phenoxy) is 1. The van der Waals surface area contributed by atoms with E-state index in [1.165, 1.54) is 0 Å². The monoisotopic (exact) mass is 104 g/mol. The standard InChI is InChI=1S/C5H9FO/c1-2-3-4-7-5-6/h2H,1,3-5H2. The van der Waals surface area contributed by atoms with Gasteiger partial charge in [-0.05, 0) is 6.42 Å². The van der Waals surface area contributed by atoms with Crippen LogP contribution in [0.4, 0.5) is 4.39 Å². The van der Waals surface area contributed by atoms with Crippen LogP contribution in [0.15, 0.2) is 12.7 Å². The van der Waals surface area contributed by atoms with Gasteiger partial charge in [0.2, 0.25) is 0 Å². The van der Waals surface area contributed by atoms with Gasteiger partial charge >= 0.3 is 0 Å². The zero-order chi connectivity index (χ0) is 5.54. The molecule has 0 atom stereocenters. The lowest BCUT2D eigenvalue weighted by Gasteiger charge is -1.90. The molecule has 42 valence electrons. The van der Waals surface area contributed by atoms with Gasteiger partial charge in [-0.1, -0.05) is 6.08 Å². The second-order valence-corrected chi connectivity index (χ2v) is 1.09. The molecule has 0 heterocycles. The average Bonchev–Trinajstić information content (AvgIpc) is 1.69. The van der Waals surface area contributed by atoms with E-state index in [4.69, 9.17) is 0 Å². The van der Waals surface area contributed by atoms with Crippen molar-refractivity contribution in [2.24, 2.45) is 0 Å². The molecule has 0 bridgehead atoms. The Labute approximate surface area is 42.8 Å². The van der Waals surface area contributed by atoms with Crippen LogP contribution in [0, 0.1) is 0 Å². The number of hydrogen-bond acceptors (Lipinski definition) is 1. The van der Waals surface area contributed by atoms with Gasteiger partial charge in [0.15, 0.2) is 6.86 Å². The first-order valence-corrected chi connectivity index (χ1v) is 2.16. The molecule has 0 aliphatic heterocycles. The first-order valence-electron chi connectivity index (χ1n) is 2.16. The fraction of sp³-hybridized carbons (Fsp3) is 0.600. The van der Waals surface area contributed by atoms with Crippen LogP contribution in [0.5, 0.6) is 0 Å². The molecular formula is C5H9FO. The van der Waals surface area contributed by atoms with E-state index in [0.717, 1.165) is 6.42 Å². The molecule has 0 rings (SSSR count). The summed E-state index contributed by atoms with van der Waals surface area (Å²) >= 11 is 0. The van der Waals surface area contributed by atoms with Gasteiger partial charge in [0.05, 0.1) is 6.61 Å². The van der Waals surface area contributed by atoms with Crippen molar-refractivity contribution in [2.45, 2.75) is 6.42 Å². The smallest absolute Gasteiger partial charge is 0.188 e. The molecule has 1 nitrogen and oxygen atoms in total.